The fraction of sp³-hybridized carbons (Fsp3) is 0.360. The molecule has 1 fully saturated rings. The van der Waals surface area contributed by atoms with E-state index in [0.717, 1.165) is 23.5 Å². The monoisotopic (exact) mass is 514 g/mol. The van der Waals surface area contributed by atoms with E-state index in [2.05, 4.69) is 15.2 Å². The molecule has 12 heteroatoms. The number of benzene rings is 1. The predicted octanol–water partition coefficient (Wildman–Crippen LogP) is 3.59. The van der Waals surface area contributed by atoms with Crippen LogP contribution in [0.3, 0.4) is 0 Å². The summed E-state index contributed by atoms with van der Waals surface area (Å²) in [7, 11) is 0. The van der Waals surface area contributed by atoms with Crippen molar-refractivity contribution >= 4 is 12.2 Å². The molecule has 9 nitrogen and oxygen atoms in total. The number of halogens is 3. The molecule has 0 spiro atoms. The fourth-order valence-electron chi connectivity index (χ4n) is 4.66. The van der Waals surface area contributed by atoms with Crippen molar-refractivity contribution in [3.63, 3.8) is 0 Å². The van der Waals surface area contributed by atoms with Gasteiger partial charge in [-0.3, -0.25) is 9.67 Å². The molecule has 1 aromatic carbocycles. The zero-order chi connectivity index (χ0) is 26.3. The van der Waals surface area contributed by atoms with Crippen molar-refractivity contribution in [2.24, 2.45) is 5.10 Å². The minimum atomic E-state index is -0.725. The van der Waals surface area contributed by atoms with Crippen LogP contribution in [0.25, 0.3) is 11.3 Å². The Kier molecular flexibility index (Phi) is 6.59. The molecule has 194 valence electrons. The minimum Gasteiger partial charge on any atom is -0.483 e. The first kappa shape index (κ1) is 24.8. The minimum absolute atomic E-state index is 0.00288. The molecule has 37 heavy (non-hydrogen) atoms. The third-order valence-corrected chi connectivity index (χ3v) is 6.48. The lowest BCUT2D eigenvalue weighted by molar-refractivity contribution is 0.0256. The Morgan fingerprint density at radius 3 is 2.57 bits per heavy atom. The van der Waals surface area contributed by atoms with Gasteiger partial charge in [0.05, 0.1) is 49.9 Å². The molecule has 0 bridgehead atoms. The fourth-order valence-corrected chi connectivity index (χ4v) is 4.66. The lowest BCUT2D eigenvalue weighted by atomic mass is 10.0. The van der Waals surface area contributed by atoms with E-state index >= 15 is 0 Å². The number of hydrogen-bond donors (Lipinski definition) is 1. The van der Waals surface area contributed by atoms with Crippen LogP contribution in [-0.4, -0.2) is 67.8 Å². The smallest absolute Gasteiger partial charge is 0.341 e. The van der Waals surface area contributed by atoms with E-state index in [1.165, 1.54) is 34.3 Å². The summed E-state index contributed by atoms with van der Waals surface area (Å²) < 4.78 is 49.4. The van der Waals surface area contributed by atoms with Gasteiger partial charge < -0.3 is 14.7 Å². The molecule has 1 saturated heterocycles. The lowest BCUT2D eigenvalue weighted by Gasteiger charge is -2.41. The number of rotatable bonds is 6. The van der Waals surface area contributed by atoms with Crippen molar-refractivity contribution in [2.75, 3.05) is 19.7 Å². The Hall–Kier alpha value is -3.93. The quantitative estimate of drug-likeness (QED) is 0.543. The van der Waals surface area contributed by atoms with Crippen molar-refractivity contribution < 1.29 is 27.8 Å². The molecule has 0 saturated carbocycles. The average molecular weight is 515 g/mol. The molecular formula is C25H25F3N6O3. The molecule has 0 aliphatic carbocycles. The third-order valence-electron chi connectivity index (χ3n) is 6.48. The molecule has 2 aromatic heterocycles. The van der Waals surface area contributed by atoms with Gasteiger partial charge in [0.25, 0.3) is 0 Å². The number of aliphatic hydroxyl groups is 1. The number of hydrogen-bond acceptors (Lipinski definition) is 6. The first-order chi connectivity index (χ1) is 17.7. The van der Waals surface area contributed by atoms with Crippen LogP contribution in [0, 0.1) is 31.3 Å². The Balaban J connectivity index is 1.26. The highest BCUT2D eigenvalue weighted by molar-refractivity contribution is 5.79. The number of likely N-dealkylation sites (tertiary alicyclic amines) is 1. The summed E-state index contributed by atoms with van der Waals surface area (Å²) in [5.74, 6) is -2.08. The molecule has 5 rings (SSSR count). The Morgan fingerprint density at radius 2 is 1.86 bits per heavy atom. The SMILES string of the molecule is Cc1nn(CCO)c(C)c1-c1cc(OC2CN(C(=O)N3N=CCC3c3cc(F)cc(F)c3)C2)c(F)cn1. The number of aromatic nitrogens is 3. The van der Waals surface area contributed by atoms with Crippen LogP contribution in [0.5, 0.6) is 5.75 Å². The van der Waals surface area contributed by atoms with Gasteiger partial charge in [-0.25, -0.2) is 23.0 Å². The first-order valence-electron chi connectivity index (χ1n) is 11.8. The normalized spacial score (nSPS) is 17.4. The summed E-state index contributed by atoms with van der Waals surface area (Å²) in [6.45, 7) is 4.31. The number of carbonyl (C=O) groups excluding carboxylic acids is 1. The molecule has 0 radical (unpaired) electrons. The van der Waals surface area contributed by atoms with Crippen LogP contribution in [0.1, 0.15) is 29.4 Å². The molecule has 1 atom stereocenters. The number of ether oxygens (including phenoxy) is 1. The van der Waals surface area contributed by atoms with Crippen molar-refractivity contribution in [2.45, 2.75) is 39.0 Å². The van der Waals surface area contributed by atoms with E-state index in [1.54, 1.807) is 4.68 Å². The summed E-state index contributed by atoms with van der Waals surface area (Å²) in [5.41, 5.74) is 3.01. The highest BCUT2D eigenvalue weighted by atomic mass is 19.1. The third kappa shape index (κ3) is 4.76. The molecular weight excluding hydrogens is 489 g/mol. The Morgan fingerprint density at radius 1 is 1.14 bits per heavy atom. The van der Waals surface area contributed by atoms with E-state index in [4.69, 9.17) is 4.74 Å². The summed E-state index contributed by atoms with van der Waals surface area (Å²) in [6.07, 6.45) is 2.49. The molecule has 2 amide bonds. The maximum atomic E-state index is 14.5. The number of amides is 2. The van der Waals surface area contributed by atoms with E-state index in [0.29, 0.717) is 29.9 Å². The molecule has 3 aromatic rings. The van der Waals surface area contributed by atoms with Crippen molar-refractivity contribution in [1.82, 2.24) is 24.7 Å². The first-order valence-corrected chi connectivity index (χ1v) is 11.8. The largest absolute Gasteiger partial charge is 0.483 e. The summed E-state index contributed by atoms with van der Waals surface area (Å²) in [5, 5.41) is 18.9. The molecule has 2 aliphatic rings. The number of carbonyl (C=O) groups is 1. The maximum absolute atomic E-state index is 14.5. The van der Waals surface area contributed by atoms with Gasteiger partial charge in [0.15, 0.2) is 11.6 Å². The van der Waals surface area contributed by atoms with Crippen LogP contribution in [0.4, 0.5) is 18.0 Å². The van der Waals surface area contributed by atoms with Gasteiger partial charge in [0.2, 0.25) is 0 Å². The second-order valence-corrected chi connectivity index (χ2v) is 9.02. The summed E-state index contributed by atoms with van der Waals surface area (Å²) >= 11 is 0. The van der Waals surface area contributed by atoms with Crippen LogP contribution in [0.15, 0.2) is 35.6 Å². The van der Waals surface area contributed by atoms with Gasteiger partial charge in [0.1, 0.15) is 17.7 Å². The molecule has 1 N–H and O–H groups in total. The molecule has 1 unspecified atom stereocenters. The Bertz CT molecular complexity index is 1350. The lowest BCUT2D eigenvalue weighted by Crippen LogP contribution is -2.58. The Labute approximate surface area is 210 Å². The number of pyridine rings is 1. The second kappa shape index (κ2) is 9.85. The van der Waals surface area contributed by atoms with Crippen molar-refractivity contribution in [3.05, 3.63) is 64.9 Å². The van der Waals surface area contributed by atoms with E-state index in [1.807, 2.05) is 13.8 Å². The molecule has 2 aliphatic heterocycles. The van der Waals surface area contributed by atoms with Gasteiger partial charge in [-0.2, -0.15) is 10.2 Å². The zero-order valence-electron chi connectivity index (χ0n) is 20.2. The topological polar surface area (TPSA) is 96.1 Å². The summed E-state index contributed by atoms with van der Waals surface area (Å²) in [4.78, 5) is 18.7. The van der Waals surface area contributed by atoms with Crippen LogP contribution in [0.2, 0.25) is 0 Å². The van der Waals surface area contributed by atoms with E-state index < -0.39 is 35.6 Å². The van der Waals surface area contributed by atoms with Crippen molar-refractivity contribution in [1.29, 1.82) is 0 Å². The highest BCUT2D eigenvalue weighted by Gasteiger charge is 2.39. The predicted molar refractivity (Wildman–Crippen MR) is 127 cm³/mol. The number of urea groups is 1. The van der Waals surface area contributed by atoms with Gasteiger partial charge in [-0.15, -0.1) is 0 Å². The van der Waals surface area contributed by atoms with Crippen LogP contribution >= 0.6 is 0 Å². The van der Waals surface area contributed by atoms with Gasteiger partial charge >= 0.3 is 6.03 Å². The number of hydrazone groups is 1. The second-order valence-electron chi connectivity index (χ2n) is 9.02. The standard InChI is InChI=1S/C25H25F3N6O3/c1-14-24(15(2)33(31-14)5-6-35)21-10-23(20(28)11-29-21)37-19-12-32(13-19)25(36)34-22(3-4-30-34)16-7-17(26)9-18(27)8-16/h4,7-11,19,22,35H,3,5-6,12-13H2,1-2H3. The van der Waals surface area contributed by atoms with Gasteiger partial charge in [-0.05, 0) is 31.5 Å². The average Bonchev–Trinajstić information content (AvgIpc) is 3.41. The van der Waals surface area contributed by atoms with E-state index in [9.17, 15) is 23.1 Å². The number of aliphatic hydroxyl groups excluding tert-OH is 1. The van der Waals surface area contributed by atoms with Crippen LogP contribution < -0.4 is 4.74 Å². The van der Waals surface area contributed by atoms with E-state index in [-0.39, 0.29) is 25.4 Å². The number of nitrogens with zero attached hydrogens (tertiary/aromatic N) is 6. The zero-order valence-corrected chi connectivity index (χ0v) is 20.2. The summed E-state index contributed by atoms with van der Waals surface area (Å²) in [6, 6.07) is 3.60. The van der Waals surface area contributed by atoms with Crippen LogP contribution in [-0.2, 0) is 6.54 Å². The molecule has 4 heterocycles. The van der Waals surface area contributed by atoms with Crippen molar-refractivity contribution in [3.8, 4) is 17.0 Å². The van der Waals surface area contributed by atoms with Gasteiger partial charge in [0, 0.05) is 36.0 Å². The number of aryl methyl sites for hydroxylation is 1. The van der Waals surface area contributed by atoms with Gasteiger partial charge in [-0.1, -0.05) is 0 Å². The maximum Gasteiger partial charge on any atom is 0.341 e. The highest BCUT2D eigenvalue weighted by Crippen LogP contribution is 2.33.